The number of carbonyl (C=O) groups excluding carboxylic acids is 2. The Kier molecular flexibility index (Phi) is 6.73. The zero-order valence-corrected chi connectivity index (χ0v) is 18.3. The van der Waals surface area contributed by atoms with Crippen molar-refractivity contribution in [3.63, 3.8) is 0 Å². The minimum absolute atomic E-state index is 0.124. The highest BCUT2D eigenvalue weighted by atomic mass is 32.2. The molecule has 1 atom stereocenters. The van der Waals surface area contributed by atoms with Crippen LogP contribution in [0.15, 0.2) is 59.0 Å². The predicted molar refractivity (Wildman–Crippen MR) is 122 cm³/mol. The topological polar surface area (TPSA) is 107 Å². The second-order valence-electron chi connectivity index (χ2n) is 6.93. The average molecular weight is 443 g/mol. The number of rotatable bonds is 7. The number of hydrogen-bond donors (Lipinski definition) is 2. The van der Waals surface area contributed by atoms with Gasteiger partial charge in [0.2, 0.25) is 5.91 Å². The summed E-state index contributed by atoms with van der Waals surface area (Å²) in [5.41, 5.74) is 6.49. The third kappa shape index (κ3) is 4.63. The molecule has 0 saturated heterocycles. The molecule has 0 aliphatic heterocycles. The number of aromatic nitrogens is 2. The van der Waals surface area contributed by atoms with Gasteiger partial charge < -0.3 is 5.73 Å². The van der Waals surface area contributed by atoms with Gasteiger partial charge >= 0.3 is 6.03 Å². The van der Waals surface area contributed by atoms with Crippen LogP contribution in [-0.2, 0) is 11.3 Å². The lowest BCUT2D eigenvalue weighted by molar-refractivity contribution is -0.120. The van der Waals surface area contributed by atoms with E-state index < -0.39 is 17.2 Å². The molecule has 0 aliphatic rings. The average Bonchev–Trinajstić information content (AvgIpc) is 3.13. The van der Waals surface area contributed by atoms with Crippen molar-refractivity contribution in [3.05, 3.63) is 59.4 Å². The highest BCUT2D eigenvalue weighted by Crippen LogP contribution is 2.33. The first kappa shape index (κ1) is 21.8. The van der Waals surface area contributed by atoms with Gasteiger partial charge in [-0.3, -0.25) is 19.5 Å². The third-order valence-electron chi connectivity index (χ3n) is 4.31. The number of nitrogens with one attached hydrogen (secondary N) is 1. The van der Waals surface area contributed by atoms with Gasteiger partial charge in [-0.2, -0.15) is 0 Å². The number of imide groups is 1. The van der Waals surface area contributed by atoms with E-state index in [1.165, 1.54) is 15.9 Å². The Morgan fingerprint density at radius 3 is 2.63 bits per heavy atom. The zero-order chi connectivity index (χ0) is 21.8. The van der Waals surface area contributed by atoms with Gasteiger partial charge in [-0.15, -0.1) is 17.9 Å². The minimum atomic E-state index is -0.913. The van der Waals surface area contributed by atoms with Crippen molar-refractivity contribution in [2.75, 3.05) is 0 Å². The van der Waals surface area contributed by atoms with E-state index in [1.54, 1.807) is 6.08 Å². The number of urea groups is 1. The van der Waals surface area contributed by atoms with Crippen LogP contribution in [0.25, 0.3) is 20.7 Å². The Morgan fingerprint density at radius 2 is 2.03 bits per heavy atom. The molecule has 3 amide bonds. The summed E-state index contributed by atoms with van der Waals surface area (Å²) in [6, 6.07) is 10.7. The molecule has 7 nitrogen and oxygen atoms in total. The van der Waals surface area contributed by atoms with Crippen LogP contribution in [0.2, 0.25) is 0 Å². The molecule has 30 heavy (non-hydrogen) atoms. The molecule has 9 heteroatoms. The maximum atomic E-state index is 13.2. The monoisotopic (exact) mass is 442 g/mol. The molecule has 1 unspecified atom stereocenters. The molecule has 156 valence electrons. The lowest BCUT2D eigenvalue weighted by Crippen LogP contribution is -2.42. The molecule has 2 aromatic heterocycles. The number of hydrogen-bond acceptors (Lipinski definition) is 6. The van der Waals surface area contributed by atoms with Gasteiger partial charge in [0.05, 0.1) is 10.8 Å². The van der Waals surface area contributed by atoms with Crippen LogP contribution in [0.5, 0.6) is 0 Å². The number of nitrogens with two attached hydrogens (primary N) is 1. The Balaban J connectivity index is 2.09. The molecular weight excluding hydrogens is 420 g/mol. The summed E-state index contributed by atoms with van der Waals surface area (Å²) >= 11 is 2.52. The molecular formula is C21H22N4O3S2. The standard InChI is InChI=1S/C21H22N4O3S2/c1-4-10-25-19(27)17-14(11-15(29-17)13-8-6-5-7-9-13)23-21(25)30-16(12(2)3)18(26)24-20(22)28/h4-9,11-12,16H,1,10H2,2-3H3,(H3,22,24,26,28). The fourth-order valence-corrected chi connectivity index (χ4v) is 5.07. The summed E-state index contributed by atoms with van der Waals surface area (Å²) in [5, 5.41) is 1.86. The number of thiophene rings is 1. The quantitative estimate of drug-likeness (QED) is 0.330. The first-order valence-electron chi connectivity index (χ1n) is 9.29. The van der Waals surface area contributed by atoms with E-state index >= 15 is 0 Å². The molecule has 3 aromatic rings. The van der Waals surface area contributed by atoms with E-state index in [0.29, 0.717) is 15.4 Å². The van der Waals surface area contributed by atoms with Gasteiger partial charge in [-0.1, -0.05) is 62.0 Å². The largest absolute Gasteiger partial charge is 0.351 e. The van der Waals surface area contributed by atoms with Crippen molar-refractivity contribution >= 4 is 45.3 Å². The number of amides is 3. The van der Waals surface area contributed by atoms with Crippen LogP contribution in [0.4, 0.5) is 4.79 Å². The van der Waals surface area contributed by atoms with Crippen LogP contribution in [0.1, 0.15) is 13.8 Å². The van der Waals surface area contributed by atoms with E-state index in [4.69, 9.17) is 5.73 Å². The number of thioether (sulfide) groups is 1. The van der Waals surface area contributed by atoms with Gasteiger partial charge in [0.15, 0.2) is 5.16 Å². The van der Waals surface area contributed by atoms with E-state index in [9.17, 15) is 14.4 Å². The fourth-order valence-electron chi connectivity index (χ4n) is 2.91. The van der Waals surface area contributed by atoms with Crippen molar-refractivity contribution in [1.29, 1.82) is 0 Å². The maximum absolute atomic E-state index is 13.2. The van der Waals surface area contributed by atoms with Crippen LogP contribution in [0, 0.1) is 5.92 Å². The zero-order valence-electron chi connectivity index (χ0n) is 16.6. The summed E-state index contributed by atoms with van der Waals surface area (Å²) in [6.45, 7) is 7.68. The van der Waals surface area contributed by atoms with Gasteiger partial charge in [-0.25, -0.2) is 9.78 Å². The predicted octanol–water partition coefficient (Wildman–Crippen LogP) is 3.62. The number of carbonyl (C=O) groups is 2. The normalized spacial score (nSPS) is 12.1. The Hall–Kier alpha value is -2.91. The van der Waals surface area contributed by atoms with Crippen LogP contribution in [0.3, 0.4) is 0 Å². The molecule has 0 fully saturated rings. The second kappa shape index (κ2) is 9.27. The van der Waals surface area contributed by atoms with Gasteiger partial charge in [0, 0.05) is 11.4 Å². The van der Waals surface area contributed by atoms with Crippen LogP contribution >= 0.6 is 23.1 Å². The summed E-state index contributed by atoms with van der Waals surface area (Å²) in [7, 11) is 0. The van der Waals surface area contributed by atoms with E-state index in [-0.39, 0.29) is 18.0 Å². The van der Waals surface area contributed by atoms with Crippen molar-refractivity contribution in [2.45, 2.75) is 30.8 Å². The molecule has 0 saturated carbocycles. The van der Waals surface area contributed by atoms with Crippen molar-refractivity contribution < 1.29 is 9.59 Å². The second-order valence-corrected chi connectivity index (χ2v) is 9.09. The molecule has 0 bridgehead atoms. The highest BCUT2D eigenvalue weighted by Gasteiger charge is 2.27. The lowest BCUT2D eigenvalue weighted by Gasteiger charge is -2.20. The van der Waals surface area contributed by atoms with Gasteiger partial charge in [0.1, 0.15) is 4.70 Å². The van der Waals surface area contributed by atoms with Crippen molar-refractivity contribution in [1.82, 2.24) is 14.9 Å². The number of primary amides is 1. The number of benzene rings is 1. The van der Waals surface area contributed by atoms with E-state index in [0.717, 1.165) is 22.2 Å². The van der Waals surface area contributed by atoms with Crippen LogP contribution < -0.4 is 16.6 Å². The van der Waals surface area contributed by atoms with Gasteiger partial charge in [0.25, 0.3) is 5.56 Å². The molecule has 2 heterocycles. The fraction of sp³-hybridized carbons (Fsp3) is 0.238. The Morgan fingerprint density at radius 1 is 1.33 bits per heavy atom. The molecule has 0 aliphatic carbocycles. The summed E-state index contributed by atoms with van der Waals surface area (Å²) in [4.78, 5) is 42.4. The van der Waals surface area contributed by atoms with E-state index in [1.807, 2.05) is 50.2 Å². The van der Waals surface area contributed by atoms with Crippen molar-refractivity contribution in [2.24, 2.45) is 11.7 Å². The first-order valence-corrected chi connectivity index (χ1v) is 11.0. The number of allylic oxidation sites excluding steroid dienone is 1. The SMILES string of the molecule is C=CCn1c(SC(C(=O)NC(N)=O)C(C)C)nc2cc(-c3ccccc3)sc2c1=O. The van der Waals surface area contributed by atoms with E-state index in [2.05, 4.69) is 16.9 Å². The first-order chi connectivity index (χ1) is 14.3. The third-order valence-corrected chi connectivity index (χ3v) is 7.01. The number of nitrogens with zero attached hydrogens (tertiary/aromatic N) is 2. The summed E-state index contributed by atoms with van der Waals surface area (Å²) in [6.07, 6.45) is 1.61. The lowest BCUT2D eigenvalue weighted by atomic mass is 10.1. The maximum Gasteiger partial charge on any atom is 0.318 e. The molecule has 0 spiro atoms. The van der Waals surface area contributed by atoms with Crippen LogP contribution in [-0.4, -0.2) is 26.7 Å². The Bertz CT molecular complexity index is 1150. The summed E-state index contributed by atoms with van der Waals surface area (Å²) < 4.78 is 2.04. The smallest absolute Gasteiger partial charge is 0.318 e. The molecule has 1 aromatic carbocycles. The highest BCUT2D eigenvalue weighted by molar-refractivity contribution is 8.00. The molecule has 3 N–H and O–H groups in total. The van der Waals surface area contributed by atoms with Crippen molar-refractivity contribution in [3.8, 4) is 10.4 Å². The summed E-state index contributed by atoms with van der Waals surface area (Å²) in [5.74, 6) is -0.640. The molecule has 3 rings (SSSR count). The minimum Gasteiger partial charge on any atom is -0.351 e. The number of fused-ring (bicyclic) bond motifs is 1. The van der Waals surface area contributed by atoms with Gasteiger partial charge in [-0.05, 0) is 17.5 Å². The molecule has 0 radical (unpaired) electrons. The Labute approximate surface area is 182 Å².